The highest BCUT2D eigenvalue weighted by Gasteiger charge is 2.08. The second kappa shape index (κ2) is 6.38. The van der Waals surface area contributed by atoms with Gasteiger partial charge in [0.2, 0.25) is 0 Å². The van der Waals surface area contributed by atoms with Crippen LogP contribution in [0.4, 0.5) is 0 Å². The van der Waals surface area contributed by atoms with E-state index in [0.717, 1.165) is 13.0 Å². The molecule has 66 valence electrons. The van der Waals surface area contributed by atoms with Crippen LogP contribution in [0, 0.1) is 5.92 Å². The van der Waals surface area contributed by atoms with Crippen LogP contribution in [0.5, 0.6) is 0 Å². The Balaban J connectivity index is 3.34. The van der Waals surface area contributed by atoms with Crippen molar-refractivity contribution in [3.8, 4) is 0 Å². The lowest BCUT2D eigenvalue weighted by molar-refractivity contribution is 0.208. The second-order valence-electron chi connectivity index (χ2n) is 2.98. The van der Waals surface area contributed by atoms with Crippen LogP contribution in [0.1, 0.15) is 20.3 Å². The van der Waals surface area contributed by atoms with Crippen LogP contribution in [-0.2, 0) is 0 Å². The molecule has 0 aliphatic carbocycles. The lowest BCUT2D eigenvalue weighted by atomic mass is 10.1. The number of aliphatic hydroxyl groups excluding tert-OH is 1. The molecule has 0 aliphatic heterocycles. The molecule has 0 heterocycles. The van der Waals surface area contributed by atoms with Crippen LogP contribution in [0.2, 0.25) is 0 Å². The summed E-state index contributed by atoms with van der Waals surface area (Å²) in [6.45, 7) is 8.96. The fraction of sp³-hybridized carbons (Fsp3) is 0.778. The number of nitrogens with one attached hydrogen (secondary N) is 1. The molecule has 0 radical (unpaired) electrons. The average Bonchev–Trinajstić information content (AvgIpc) is 2.03. The van der Waals surface area contributed by atoms with Crippen LogP contribution in [0.25, 0.3) is 0 Å². The zero-order valence-electron chi connectivity index (χ0n) is 7.51. The van der Waals surface area contributed by atoms with Gasteiger partial charge in [0.15, 0.2) is 0 Å². The SMILES string of the molecule is C=CCCNC(C)C(C)CO. The molecule has 0 aromatic carbocycles. The predicted molar refractivity (Wildman–Crippen MR) is 48.5 cm³/mol. The first kappa shape index (κ1) is 10.7. The minimum absolute atomic E-state index is 0.252. The molecule has 0 aromatic heterocycles. The Morgan fingerprint density at radius 2 is 2.18 bits per heavy atom. The maximum absolute atomic E-state index is 8.80. The van der Waals surface area contributed by atoms with Gasteiger partial charge in [-0.25, -0.2) is 0 Å². The number of hydrogen-bond acceptors (Lipinski definition) is 2. The summed E-state index contributed by atoms with van der Waals surface area (Å²) in [6, 6.07) is 0.389. The van der Waals surface area contributed by atoms with E-state index in [4.69, 9.17) is 5.11 Å². The Kier molecular flexibility index (Phi) is 6.18. The molecule has 0 fully saturated rings. The largest absolute Gasteiger partial charge is 0.396 e. The molecule has 0 aromatic rings. The standard InChI is InChI=1S/C9H19NO/c1-4-5-6-10-9(3)8(2)7-11/h4,8-11H,1,5-7H2,2-3H3. The van der Waals surface area contributed by atoms with Crippen LogP contribution in [-0.4, -0.2) is 24.3 Å². The van der Waals surface area contributed by atoms with Crippen molar-refractivity contribution < 1.29 is 5.11 Å². The molecule has 0 spiro atoms. The molecule has 0 aliphatic rings. The molecule has 2 heteroatoms. The van der Waals surface area contributed by atoms with E-state index in [2.05, 4.69) is 18.8 Å². The zero-order chi connectivity index (χ0) is 8.69. The highest BCUT2D eigenvalue weighted by molar-refractivity contribution is 4.72. The molecule has 2 atom stereocenters. The van der Waals surface area contributed by atoms with E-state index in [0.29, 0.717) is 12.0 Å². The highest BCUT2D eigenvalue weighted by atomic mass is 16.3. The van der Waals surface area contributed by atoms with Gasteiger partial charge in [-0.3, -0.25) is 0 Å². The molecule has 0 bridgehead atoms. The molecule has 11 heavy (non-hydrogen) atoms. The summed E-state index contributed by atoms with van der Waals surface area (Å²) in [7, 11) is 0. The number of aliphatic hydroxyl groups is 1. The molecule has 0 saturated carbocycles. The van der Waals surface area contributed by atoms with E-state index in [-0.39, 0.29) is 6.61 Å². The van der Waals surface area contributed by atoms with Gasteiger partial charge in [-0.2, -0.15) is 0 Å². The summed E-state index contributed by atoms with van der Waals surface area (Å²) in [6.07, 6.45) is 2.88. The van der Waals surface area contributed by atoms with Gasteiger partial charge in [0.25, 0.3) is 0 Å². The van der Waals surface area contributed by atoms with Crippen LogP contribution in [0.15, 0.2) is 12.7 Å². The monoisotopic (exact) mass is 157 g/mol. The van der Waals surface area contributed by atoms with Crippen LogP contribution in [0.3, 0.4) is 0 Å². The molecule has 2 unspecified atom stereocenters. The van der Waals surface area contributed by atoms with E-state index >= 15 is 0 Å². The van der Waals surface area contributed by atoms with Gasteiger partial charge in [0.1, 0.15) is 0 Å². The minimum Gasteiger partial charge on any atom is -0.396 e. The van der Waals surface area contributed by atoms with Gasteiger partial charge in [0.05, 0.1) is 0 Å². The smallest absolute Gasteiger partial charge is 0.0471 e. The Morgan fingerprint density at radius 1 is 1.55 bits per heavy atom. The van der Waals surface area contributed by atoms with Crippen molar-refractivity contribution in [2.45, 2.75) is 26.3 Å². The van der Waals surface area contributed by atoms with E-state index in [1.54, 1.807) is 0 Å². The predicted octanol–water partition coefficient (Wildman–Crippen LogP) is 1.17. The third-order valence-corrected chi connectivity index (χ3v) is 1.96. The lowest BCUT2D eigenvalue weighted by Crippen LogP contribution is -2.34. The summed E-state index contributed by atoms with van der Waals surface area (Å²) >= 11 is 0. The average molecular weight is 157 g/mol. The summed E-state index contributed by atoms with van der Waals surface area (Å²) in [4.78, 5) is 0. The van der Waals surface area contributed by atoms with Gasteiger partial charge in [-0.05, 0) is 25.8 Å². The van der Waals surface area contributed by atoms with Crippen LogP contribution >= 0.6 is 0 Å². The van der Waals surface area contributed by atoms with Gasteiger partial charge in [-0.15, -0.1) is 6.58 Å². The van der Waals surface area contributed by atoms with Gasteiger partial charge in [0, 0.05) is 12.6 Å². The van der Waals surface area contributed by atoms with Crippen molar-refractivity contribution in [1.82, 2.24) is 5.32 Å². The van der Waals surface area contributed by atoms with Crippen molar-refractivity contribution in [1.29, 1.82) is 0 Å². The molecule has 2 N–H and O–H groups in total. The Morgan fingerprint density at radius 3 is 2.64 bits per heavy atom. The summed E-state index contributed by atoms with van der Waals surface area (Å²) in [5.74, 6) is 0.333. The fourth-order valence-electron chi connectivity index (χ4n) is 0.772. The third-order valence-electron chi connectivity index (χ3n) is 1.96. The molecule has 2 nitrogen and oxygen atoms in total. The second-order valence-corrected chi connectivity index (χ2v) is 2.98. The molecular weight excluding hydrogens is 138 g/mol. The van der Waals surface area contributed by atoms with Gasteiger partial charge >= 0.3 is 0 Å². The summed E-state index contributed by atoms with van der Waals surface area (Å²) in [5, 5.41) is 12.1. The Hall–Kier alpha value is -0.340. The Labute approximate surface area is 69.3 Å². The first-order chi connectivity index (χ1) is 5.22. The quantitative estimate of drug-likeness (QED) is 0.448. The van der Waals surface area contributed by atoms with Crippen molar-refractivity contribution >= 4 is 0 Å². The lowest BCUT2D eigenvalue weighted by Gasteiger charge is -2.18. The third kappa shape index (κ3) is 4.99. The normalized spacial score (nSPS) is 15.9. The highest BCUT2D eigenvalue weighted by Crippen LogP contribution is 1.99. The van der Waals surface area contributed by atoms with Gasteiger partial charge in [-0.1, -0.05) is 13.0 Å². The van der Waals surface area contributed by atoms with Crippen LogP contribution < -0.4 is 5.32 Å². The van der Waals surface area contributed by atoms with Crippen molar-refractivity contribution in [2.75, 3.05) is 13.2 Å². The molecule has 0 rings (SSSR count). The Bertz CT molecular complexity index is 104. The fourth-order valence-corrected chi connectivity index (χ4v) is 0.772. The molecular formula is C9H19NO. The number of hydrogen-bond donors (Lipinski definition) is 2. The minimum atomic E-state index is 0.252. The van der Waals surface area contributed by atoms with Gasteiger partial charge < -0.3 is 10.4 Å². The maximum atomic E-state index is 8.80. The van der Waals surface area contributed by atoms with Crippen molar-refractivity contribution in [3.63, 3.8) is 0 Å². The van der Waals surface area contributed by atoms with E-state index in [9.17, 15) is 0 Å². The van der Waals surface area contributed by atoms with Crippen molar-refractivity contribution in [3.05, 3.63) is 12.7 Å². The first-order valence-electron chi connectivity index (χ1n) is 4.17. The topological polar surface area (TPSA) is 32.3 Å². The zero-order valence-corrected chi connectivity index (χ0v) is 7.51. The van der Waals surface area contributed by atoms with E-state index in [1.165, 1.54) is 0 Å². The summed E-state index contributed by atoms with van der Waals surface area (Å²) in [5.41, 5.74) is 0. The number of rotatable bonds is 6. The van der Waals surface area contributed by atoms with E-state index in [1.807, 2.05) is 13.0 Å². The summed E-state index contributed by atoms with van der Waals surface area (Å²) < 4.78 is 0. The van der Waals surface area contributed by atoms with Crippen molar-refractivity contribution in [2.24, 2.45) is 5.92 Å². The molecule has 0 saturated heterocycles. The first-order valence-corrected chi connectivity index (χ1v) is 4.17. The maximum Gasteiger partial charge on any atom is 0.0471 e. The van der Waals surface area contributed by atoms with E-state index < -0.39 is 0 Å². The molecule has 0 amide bonds.